The van der Waals surface area contributed by atoms with Crippen LogP contribution < -0.4 is 5.32 Å². The number of carboxylic acid groups (broad SMARTS) is 1. The van der Waals surface area contributed by atoms with Gasteiger partial charge < -0.3 is 10.4 Å². The van der Waals surface area contributed by atoms with E-state index < -0.39 is 11.9 Å². The Morgan fingerprint density at radius 1 is 1.33 bits per heavy atom. The number of anilines is 1. The van der Waals surface area contributed by atoms with Gasteiger partial charge >= 0.3 is 5.97 Å². The molecule has 5 nitrogen and oxygen atoms in total. The lowest BCUT2D eigenvalue weighted by atomic mass is 9.84. The van der Waals surface area contributed by atoms with Crippen molar-refractivity contribution in [1.29, 1.82) is 0 Å². The molecule has 5 heteroatoms. The molecule has 0 fully saturated rings. The number of carbonyl (C=O) groups is 1. The van der Waals surface area contributed by atoms with Crippen molar-refractivity contribution in [3.63, 3.8) is 0 Å². The molecule has 116 valence electrons. The van der Waals surface area contributed by atoms with Crippen LogP contribution in [0.1, 0.15) is 51.3 Å². The number of hydrogen-bond acceptors (Lipinski definition) is 4. The Hall–Kier alpha value is -1.65. The van der Waals surface area contributed by atoms with Crippen LogP contribution in [0, 0.1) is 11.3 Å². The minimum Gasteiger partial charge on any atom is -0.481 e. The Kier molecular flexibility index (Phi) is 4.80. The number of nitrogens with zero attached hydrogens (tertiary/aromatic N) is 2. The number of aromatic nitrogens is 2. The van der Waals surface area contributed by atoms with Crippen LogP contribution in [0.3, 0.4) is 0 Å². The van der Waals surface area contributed by atoms with E-state index in [1.165, 1.54) is 12.0 Å². The first-order valence-electron chi connectivity index (χ1n) is 7.66. The van der Waals surface area contributed by atoms with E-state index in [-0.39, 0.29) is 5.41 Å². The van der Waals surface area contributed by atoms with Crippen LogP contribution in [0.2, 0.25) is 0 Å². The van der Waals surface area contributed by atoms with Gasteiger partial charge in [0.05, 0.1) is 5.92 Å². The normalized spacial score (nSPS) is 16.1. The van der Waals surface area contributed by atoms with Gasteiger partial charge in [-0.1, -0.05) is 20.8 Å². The van der Waals surface area contributed by atoms with Gasteiger partial charge in [0.2, 0.25) is 0 Å². The minimum absolute atomic E-state index is 0.00413. The van der Waals surface area contributed by atoms with Crippen LogP contribution in [-0.2, 0) is 17.6 Å². The maximum atomic E-state index is 11.4. The zero-order valence-electron chi connectivity index (χ0n) is 13.1. The summed E-state index contributed by atoms with van der Waals surface area (Å²) >= 11 is 0. The second kappa shape index (κ2) is 6.41. The molecule has 1 aliphatic rings. The largest absolute Gasteiger partial charge is 0.481 e. The lowest BCUT2D eigenvalue weighted by Crippen LogP contribution is -2.28. The Morgan fingerprint density at radius 3 is 2.71 bits per heavy atom. The fraction of sp³-hybridized carbons (Fsp3) is 0.688. The Bertz CT molecular complexity index is 509. The van der Waals surface area contributed by atoms with E-state index in [1.54, 1.807) is 6.33 Å². The number of hydrogen-bond donors (Lipinski definition) is 2. The Balaban J connectivity index is 2.06. The van der Waals surface area contributed by atoms with Gasteiger partial charge in [0.25, 0.3) is 0 Å². The van der Waals surface area contributed by atoms with E-state index >= 15 is 0 Å². The van der Waals surface area contributed by atoms with E-state index in [2.05, 4.69) is 36.1 Å². The molecule has 1 atom stereocenters. The molecule has 0 saturated heterocycles. The fourth-order valence-electron chi connectivity index (χ4n) is 2.88. The van der Waals surface area contributed by atoms with Crippen molar-refractivity contribution in [2.24, 2.45) is 11.3 Å². The maximum absolute atomic E-state index is 11.4. The summed E-state index contributed by atoms with van der Waals surface area (Å²) in [6.07, 6.45) is 6.52. The molecule has 1 aromatic heterocycles. The van der Waals surface area contributed by atoms with Crippen molar-refractivity contribution < 1.29 is 9.90 Å². The van der Waals surface area contributed by atoms with Crippen LogP contribution in [0.4, 0.5) is 5.82 Å². The van der Waals surface area contributed by atoms with Crippen molar-refractivity contribution in [1.82, 2.24) is 9.97 Å². The predicted molar refractivity (Wildman–Crippen MR) is 82.4 cm³/mol. The smallest absolute Gasteiger partial charge is 0.308 e. The van der Waals surface area contributed by atoms with Crippen LogP contribution >= 0.6 is 0 Å². The quantitative estimate of drug-likeness (QED) is 0.872. The SMILES string of the molecule is CC(C)(C)CC(CNc1ncnc2c1CCCC2)C(=O)O. The summed E-state index contributed by atoms with van der Waals surface area (Å²) in [5.41, 5.74) is 2.28. The molecule has 0 aliphatic heterocycles. The van der Waals surface area contributed by atoms with Crippen LogP contribution in [0.5, 0.6) is 0 Å². The molecule has 0 aromatic carbocycles. The highest BCUT2D eigenvalue weighted by atomic mass is 16.4. The van der Waals surface area contributed by atoms with Crippen molar-refractivity contribution in [2.75, 3.05) is 11.9 Å². The summed E-state index contributed by atoms with van der Waals surface area (Å²) in [6.45, 7) is 6.61. The summed E-state index contributed by atoms with van der Waals surface area (Å²) in [5.74, 6) is -0.334. The third-order valence-corrected chi connectivity index (χ3v) is 3.85. The van der Waals surface area contributed by atoms with Gasteiger partial charge in [-0.3, -0.25) is 4.79 Å². The summed E-state index contributed by atoms with van der Waals surface area (Å²) in [7, 11) is 0. The first kappa shape index (κ1) is 15.7. The second-order valence-corrected chi connectivity index (χ2v) is 7.04. The van der Waals surface area contributed by atoms with Gasteiger partial charge in [0.1, 0.15) is 12.1 Å². The summed E-state index contributed by atoms with van der Waals surface area (Å²) in [6, 6.07) is 0. The van der Waals surface area contributed by atoms with E-state index in [1.807, 2.05) is 0 Å². The number of aryl methyl sites for hydroxylation is 1. The van der Waals surface area contributed by atoms with Gasteiger partial charge in [-0.2, -0.15) is 0 Å². The molecule has 1 aliphatic carbocycles. The van der Waals surface area contributed by atoms with E-state index in [4.69, 9.17) is 0 Å². The number of aliphatic carboxylic acids is 1. The number of rotatable bonds is 5. The molecule has 1 unspecified atom stereocenters. The molecule has 0 saturated carbocycles. The second-order valence-electron chi connectivity index (χ2n) is 7.04. The predicted octanol–water partition coefficient (Wildman–Crippen LogP) is 2.90. The first-order chi connectivity index (χ1) is 9.87. The maximum Gasteiger partial charge on any atom is 0.308 e. The zero-order valence-corrected chi connectivity index (χ0v) is 13.1. The van der Waals surface area contributed by atoms with Gasteiger partial charge in [-0.25, -0.2) is 9.97 Å². The molecule has 2 rings (SSSR count). The zero-order chi connectivity index (χ0) is 15.5. The summed E-state index contributed by atoms with van der Waals surface area (Å²) in [5, 5.41) is 12.6. The average molecular weight is 291 g/mol. The fourth-order valence-corrected chi connectivity index (χ4v) is 2.88. The molecular formula is C16H25N3O2. The highest BCUT2D eigenvalue weighted by Gasteiger charge is 2.25. The number of carboxylic acids is 1. The Labute approximate surface area is 126 Å². The summed E-state index contributed by atoms with van der Waals surface area (Å²) in [4.78, 5) is 20.1. The van der Waals surface area contributed by atoms with Gasteiger partial charge in [0, 0.05) is 17.8 Å². The lowest BCUT2D eigenvalue weighted by molar-refractivity contribution is -0.142. The first-order valence-corrected chi connectivity index (χ1v) is 7.66. The molecule has 0 spiro atoms. The van der Waals surface area contributed by atoms with Gasteiger partial charge in [-0.05, 0) is 37.5 Å². The molecule has 0 amide bonds. The van der Waals surface area contributed by atoms with Gasteiger partial charge in [0.15, 0.2) is 0 Å². The lowest BCUT2D eigenvalue weighted by Gasteiger charge is -2.24. The molecule has 0 radical (unpaired) electrons. The third kappa shape index (κ3) is 4.41. The molecule has 1 aromatic rings. The minimum atomic E-state index is -0.750. The number of fused-ring (bicyclic) bond motifs is 1. The molecule has 2 N–H and O–H groups in total. The van der Waals surface area contributed by atoms with Crippen LogP contribution in [0.25, 0.3) is 0 Å². The van der Waals surface area contributed by atoms with Crippen molar-refractivity contribution in [3.8, 4) is 0 Å². The van der Waals surface area contributed by atoms with Crippen molar-refractivity contribution in [3.05, 3.63) is 17.6 Å². The number of nitrogens with one attached hydrogen (secondary N) is 1. The van der Waals surface area contributed by atoms with E-state index in [0.29, 0.717) is 13.0 Å². The average Bonchev–Trinajstić information content (AvgIpc) is 2.42. The standard InChI is InChI=1S/C16H25N3O2/c1-16(2,3)8-11(15(20)21)9-17-14-12-6-4-5-7-13(12)18-10-19-14/h10-11H,4-9H2,1-3H3,(H,20,21)(H,17,18,19). The van der Waals surface area contributed by atoms with Crippen molar-refractivity contribution in [2.45, 2.75) is 52.9 Å². The van der Waals surface area contributed by atoms with Gasteiger partial charge in [-0.15, -0.1) is 0 Å². The molecular weight excluding hydrogens is 266 g/mol. The Morgan fingerprint density at radius 2 is 2.05 bits per heavy atom. The molecule has 1 heterocycles. The monoisotopic (exact) mass is 291 g/mol. The molecule has 0 bridgehead atoms. The van der Waals surface area contributed by atoms with Crippen LogP contribution in [0.15, 0.2) is 6.33 Å². The third-order valence-electron chi connectivity index (χ3n) is 3.85. The van der Waals surface area contributed by atoms with E-state index in [9.17, 15) is 9.90 Å². The van der Waals surface area contributed by atoms with Crippen LogP contribution in [-0.4, -0.2) is 27.6 Å². The van der Waals surface area contributed by atoms with E-state index in [0.717, 1.165) is 30.8 Å². The summed E-state index contributed by atoms with van der Waals surface area (Å²) < 4.78 is 0. The highest BCUT2D eigenvalue weighted by Crippen LogP contribution is 2.27. The van der Waals surface area contributed by atoms with Crippen molar-refractivity contribution >= 4 is 11.8 Å². The topological polar surface area (TPSA) is 75.1 Å². The highest BCUT2D eigenvalue weighted by molar-refractivity contribution is 5.71. The molecule has 21 heavy (non-hydrogen) atoms.